The first kappa shape index (κ1) is 19.8. The number of carbonyl (C=O) groups excluding carboxylic acids is 1. The van der Waals surface area contributed by atoms with Crippen molar-refractivity contribution in [2.24, 2.45) is 0 Å². The number of hydrogen-bond acceptors (Lipinski definition) is 4. The number of para-hydroxylation sites is 1. The van der Waals surface area contributed by atoms with E-state index in [4.69, 9.17) is 14.2 Å². The number of unbranched alkanes of at least 4 members (excludes halogenated alkanes) is 1. The summed E-state index contributed by atoms with van der Waals surface area (Å²) in [6.07, 6.45) is 2.13. The highest BCUT2D eigenvalue weighted by molar-refractivity contribution is 5.92. The van der Waals surface area contributed by atoms with Crippen LogP contribution >= 0.6 is 0 Å². The summed E-state index contributed by atoms with van der Waals surface area (Å²) in [5, 5.41) is 2.85. The largest absolute Gasteiger partial charge is 0.494 e. The first-order valence-corrected chi connectivity index (χ1v) is 8.98. The maximum Gasteiger partial charge on any atom is 0.250 e. The lowest BCUT2D eigenvalue weighted by atomic mass is 10.2. The molecule has 0 aromatic heterocycles. The summed E-state index contributed by atoms with van der Waals surface area (Å²) in [5.74, 6) is 1.42. The molecule has 0 aliphatic carbocycles. The molecular weight excluding hydrogens is 330 g/mol. The molecule has 140 valence electrons. The third-order valence-corrected chi connectivity index (χ3v) is 3.71. The van der Waals surface area contributed by atoms with Gasteiger partial charge in [0.05, 0.1) is 13.2 Å². The lowest BCUT2D eigenvalue weighted by Gasteiger charge is -2.12. The fraction of sp³-hybridized carbons (Fsp3) is 0.381. The van der Waals surface area contributed by atoms with Gasteiger partial charge in [-0.05, 0) is 49.2 Å². The average molecular weight is 357 g/mol. The maximum absolute atomic E-state index is 12.0. The molecule has 2 rings (SSSR count). The van der Waals surface area contributed by atoms with Gasteiger partial charge in [0.15, 0.2) is 0 Å². The Morgan fingerprint density at radius 2 is 1.73 bits per heavy atom. The smallest absolute Gasteiger partial charge is 0.250 e. The number of benzene rings is 2. The molecule has 2 aromatic rings. The van der Waals surface area contributed by atoms with E-state index >= 15 is 0 Å². The molecule has 0 aliphatic heterocycles. The third-order valence-electron chi connectivity index (χ3n) is 3.71. The van der Waals surface area contributed by atoms with Crippen LogP contribution in [0.5, 0.6) is 11.5 Å². The molecule has 0 radical (unpaired) electrons. The quantitative estimate of drug-likeness (QED) is 0.612. The van der Waals surface area contributed by atoms with Crippen LogP contribution in [0.15, 0.2) is 48.5 Å². The van der Waals surface area contributed by atoms with Crippen molar-refractivity contribution < 1.29 is 19.0 Å². The molecule has 1 N–H and O–H groups in total. The molecule has 0 spiro atoms. The Morgan fingerprint density at radius 1 is 0.962 bits per heavy atom. The van der Waals surface area contributed by atoms with Crippen molar-refractivity contribution in [3.63, 3.8) is 0 Å². The molecule has 0 aliphatic rings. The Bertz CT molecular complexity index is 673. The van der Waals surface area contributed by atoms with Gasteiger partial charge in [0, 0.05) is 5.69 Å². The molecule has 0 saturated carbocycles. The Balaban J connectivity index is 1.67. The van der Waals surface area contributed by atoms with E-state index in [0.29, 0.717) is 19.8 Å². The highest BCUT2D eigenvalue weighted by Gasteiger charge is 2.06. The normalized spacial score (nSPS) is 10.4. The predicted octanol–water partition coefficient (Wildman–Crippen LogP) is 4.21. The second kappa shape index (κ2) is 11.2. The fourth-order valence-corrected chi connectivity index (χ4v) is 2.29. The van der Waals surface area contributed by atoms with Crippen LogP contribution in [0.4, 0.5) is 5.69 Å². The zero-order chi connectivity index (χ0) is 18.6. The number of ether oxygens (including phenoxy) is 3. The molecule has 5 heteroatoms. The molecular formula is C21H27NO4. The molecule has 2 aromatic carbocycles. The number of carbonyl (C=O) groups is 1. The molecule has 1 amide bonds. The van der Waals surface area contributed by atoms with Gasteiger partial charge in [-0.25, -0.2) is 0 Å². The standard InChI is InChI=1S/C21H27NO4/c1-3-4-12-25-19-10-11-20(17(2)15-19)22-21(23)16-24-13-14-26-18-8-6-5-7-9-18/h5-11,15H,3-4,12-14,16H2,1-2H3,(H,22,23). The van der Waals surface area contributed by atoms with E-state index in [1.165, 1.54) is 0 Å². The molecule has 0 saturated heterocycles. The molecule has 26 heavy (non-hydrogen) atoms. The summed E-state index contributed by atoms with van der Waals surface area (Å²) in [5.41, 5.74) is 1.72. The van der Waals surface area contributed by atoms with Gasteiger partial charge in [-0.2, -0.15) is 0 Å². The van der Waals surface area contributed by atoms with Gasteiger partial charge in [-0.1, -0.05) is 31.5 Å². The van der Waals surface area contributed by atoms with Crippen molar-refractivity contribution in [2.45, 2.75) is 26.7 Å². The van der Waals surface area contributed by atoms with Crippen molar-refractivity contribution in [3.05, 3.63) is 54.1 Å². The summed E-state index contributed by atoms with van der Waals surface area (Å²) in [6, 6.07) is 15.2. The second-order valence-corrected chi connectivity index (χ2v) is 5.94. The van der Waals surface area contributed by atoms with Crippen LogP contribution in [-0.2, 0) is 9.53 Å². The zero-order valence-electron chi connectivity index (χ0n) is 15.5. The highest BCUT2D eigenvalue weighted by Crippen LogP contribution is 2.21. The Hall–Kier alpha value is -2.53. The van der Waals surface area contributed by atoms with Crippen LogP contribution in [0, 0.1) is 6.92 Å². The van der Waals surface area contributed by atoms with Crippen LogP contribution in [0.3, 0.4) is 0 Å². The van der Waals surface area contributed by atoms with Gasteiger partial charge < -0.3 is 19.5 Å². The summed E-state index contributed by atoms with van der Waals surface area (Å²) in [4.78, 5) is 12.0. The zero-order valence-corrected chi connectivity index (χ0v) is 15.5. The van der Waals surface area contributed by atoms with E-state index in [-0.39, 0.29) is 12.5 Å². The molecule has 0 fully saturated rings. The lowest BCUT2D eigenvalue weighted by Crippen LogP contribution is -2.20. The van der Waals surface area contributed by atoms with E-state index in [1.54, 1.807) is 0 Å². The van der Waals surface area contributed by atoms with Crippen molar-refractivity contribution in [2.75, 3.05) is 31.7 Å². The number of hydrogen-bond donors (Lipinski definition) is 1. The minimum absolute atomic E-state index is 0.00760. The molecule has 0 unspecified atom stereocenters. The molecule has 5 nitrogen and oxygen atoms in total. The number of rotatable bonds is 11. The summed E-state index contributed by atoms with van der Waals surface area (Å²) < 4.78 is 16.5. The van der Waals surface area contributed by atoms with Gasteiger partial charge in [0.25, 0.3) is 0 Å². The third kappa shape index (κ3) is 7.15. The van der Waals surface area contributed by atoms with Crippen LogP contribution in [0.2, 0.25) is 0 Å². The maximum atomic E-state index is 12.0. The van der Waals surface area contributed by atoms with Crippen LogP contribution in [0.25, 0.3) is 0 Å². The van der Waals surface area contributed by atoms with Crippen molar-refractivity contribution in [1.29, 1.82) is 0 Å². The minimum atomic E-state index is -0.188. The number of anilines is 1. The van der Waals surface area contributed by atoms with Crippen molar-refractivity contribution in [3.8, 4) is 11.5 Å². The van der Waals surface area contributed by atoms with Gasteiger partial charge in [0.1, 0.15) is 24.7 Å². The van der Waals surface area contributed by atoms with Gasteiger partial charge in [-0.3, -0.25) is 4.79 Å². The fourth-order valence-electron chi connectivity index (χ4n) is 2.29. The number of aryl methyl sites for hydroxylation is 1. The highest BCUT2D eigenvalue weighted by atomic mass is 16.5. The SMILES string of the molecule is CCCCOc1ccc(NC(=O)COCCOc2ccccc2)c(C)c1. The monoisotopic (exact) mass is 357 g/mol. The number of nitrogens with one attached hydrogen (secondary N) is 1. The Labute approximate surface area is 155 Å². The van der Waals surface area contributed by atoms with Gasteiger partial charge in [-0.15, -0.1) is 0 Å². The van der Waals surface area contributed by atoms with Gasteiger partial charge >= 0.3 is 0 Å². The topological polar surface area (TPSA) is 56.8 Å². The average Bonchev–Trinajstić information content (AvgIpc) is 2.65. The summed E-state index contributed by atoms with van der Waals surface area (Å²) in [6.45, 7) is 5.53. The second-order valence-electron chi connectivity index (χ2n) is 5.94. The molecule has 0 atom stereocenters. The van der Waals surface area contributed by atoms with Crippen LogP contribution in [0.1, 0.15) is 25.3 Å². The van der Waals surface area contributed by atoms with Crippen LogP contribution in [-0.4, -0.2) is 32.3 Å². The first-order chi connectivity index (χ1) is 12.7. The molecule has 0 heterocycles. The Morgan fingerprint density at radius 3 is 2.46 bits per heavy atom. The first-order valence-electron chi connectivity index (χ1n) is 8.98. The number of amides is 1. The van der Waals surface area contributed by atoms with Crippen molar-refractivity contribution in [1.82, 2.24) is 0 Å². The van der Waals surface area contributed by atoms with E-state index in [9.17, 15) is 4.79 Å². The van der Waals surface area contributed by atoms with E-state index in [1.807, 2.05) is 55.5 Å². The van der Waals surface area contributed by atoms with Gasteiger partial charge in [0.2, 0.25) is 5.91 Å². The minimum Gasteiger partial charge on any atom is -0.494 e. The predicted molar refractivity (Wildman–Crippen MR) is 103 cm³/mol. The summed E-state index contributed by atoms with van der Waals surface area (Å²) in [7, 11) is 0. The lowest BCUT2D eigenvalue weighted by molar-refractivity contribution is -0.120. The van der Waals surface area contributed by atoms with Crippen molar-refractivity contribution >= 4 is 11.6 Å². The summed E-state index contributed by atoms with van der Waals surface area (Å²) >= 11 is 0. The van der Waals surface area contributed by atoms with E-state index < -0.39 is 0 Å². The Kier molecular flexibility index (Phi) is 8.49. The van der Waals surface area contributed by atoms with E-state index in [2.05, 4.69) is 12.2 Å². The van der Waals surface area contributed by atoms with E-state index in [0.717, 1.165) is 35.6 Å². The van der Waals surface area contributed by atoms with Crippen LogP contribution < -0.4 is 14.8 Å². The molecule has 0 bridgehead atoms.